The van der Waals surface area contributed by atoms with Crippen LogP contribution in [0.5, 0.6) is 0 Å². The monoisotopic (exact) mass is 218 g/mol. The molecule has 1 atom stereocenters. The maximum absolute atomic E-state index is 11.4. The minimum Gasteiger partial charge on any atom is -0.365 e. The molecule has 1 aliphatic rings. The minimum absolute atomic E-state index is 0.153. The lowest BCUT2D eigenvalue weighted by Crippen LogP contribution is -2.34. The van der Waals surface area contributed by atoms with Gasteiger partial charge < -0.3 is 10.2 Å². The number of nitrogens with one attached hydrogen (secondary N) is 1. The number of likely N-dealkylation sites (tertiary alicyclic amines) is 1. The first kappa shape index (κ1) is 11.0. The lowest BCUT2D eigenvalue weighted by Gasteiger charge is -2.22. The Bertz CT molecular complexity index is 372. The molecule has 0 spiro atoms. The van der Waals surface area contributed by atoms with Gasteiger partial charge in [-0.3, -0.25) is 4.79 Å². The van der Waals surface area contributed by atoms with E-state index in [1.807, 2.05) is 7.05 Å². The van der Waals surface area contributed by atoms with Gasteiger partial charge in [0, 0.05) is 19.2 Å². The van der Waals surface area contributed by atoms with Gasteiger partial charge in [-0.2, -0.15) is 0 Å². The molecule has 1 N–H and O–H groups in total. The van der Waals surface area contributed by atoms with Crippen molar-refractivity contribution in [3.05, 3.63) is 29.8 Å². The number of anilines is 1. The topological polar surface area (TPSA) is 32.3 Å². The molecule has 1 aromatic rings. The molecule has 0 aliphatic carbocycles. The first-order valence-electron chi connectivity index (χ1n) is 5.82. The van der Waals surface area contributed by atoms with Gasteiger partial charge in [-0.15, -0.1) is 0 Å². The third-order valence-electron chi connectivity index (χ3n) is 3.19. The number of benzene rings is 1. The highest BCUT2D eigenvalue weighted by Gasteiger charge is 2.27. The molecular formula is C13H18N2O. The largest absolute Gasteiger partial charge is 0.365 e. The van der Waals surface area contributed by atoms with E-state index in [9.17, 15) is 4.79 Å². The fourth-order valence-corrected chi connectivity index (χ4v) is 2.00. The van der Waals surface area contributed by atoms with Crippen molar-refractivity contribution in [3.63, 3.8) is 0 Å². The molecule has 2 rings (SSSR count). The number of aryl methyl sites for hydroxylation is 1. The van der Waals surface area contributed by atoms with Gasteiger partial charge in [0.15, 0.2) is 0 Å². The van der Waals surface area contributed by atoms with Gasteiger partial charge in [-0.1, -0.05) is 19.1 Å². The van der Waals surface area contributed by atoms with Gasteiger partial charge in [0.2, 0.25) is 5.91 Å². The number of rotatable bonds is 3. The highest BCUT2D eigenvalue weighted by molar-refractivity contribution is 5.79. The first-order chi connectivity index (χ1) is 7.70. The lowest BCUT2D eigenvalue weighted by molar-refractivity contribution is -0.127. The zero-order valence-electron chi connectivity index (χ0n) is 9.86. The van der Waals surface area contributed by atoms with E-state index in [2.05, 4.69) is 36.5 Å². The standard InChI is InChI=1S/C13H18N2O/c1-3-10-4-6-11(7-5-10)14-12-8-9-13(16)15(12)2/h4-7,12,14H,3,8-9H2,1-2H3. The average molecular weight is 218 g/mol. The number of carbonyl (C=O) groups is 1. The van der Waals surface area contributed by atoms with Gasteiger partial charge >= 0.3 is 0 Å². The Kier molecular flexibility index (Phi) is 3.13. The van der Waals surface area contributed by atoms with E-state index < -0.39 is 0 Å². The molecule has 3 heteroatoms. The number of nitrogens with zero attached hydrogens (tertiary/aromatic N) is 1. The van der Waals surface area contributed by atoms with E-state index >= 15 is 0 Å². The molecule has 1 unspecified atom stereocenters. The van der Waals surface area contributed by atoms with Crippen LogP contribution >= 0.6 is 0 Å². The molecule has 1 aromatic carbocycles. The van der Waals surface area contributed by atoms with E-state index in [1.54, 1.807) is 4.90 Å². The molecule has 1 aliphatic heterocycles. The Morgan fingerprint density at radius 3 is 2.56 bits per heavy atom. The van der Waals surface area contributed by atoms with Crippen LogP contribution in [0.25, 0.3) is 0 Å². The predicted octanol–water partition coefficient (Wildman–Crippen LogP) is 2.24. The van der Waals surface area contributed by atoms with Crippen molar-refractivity contribution in [2.24, 2.45) is 0 Å². The average Bonchev–Trinajstić information content (AvgIpc) is 2.62. The van der Waals surface area contributed by atoms with E-state index in [0.29, 0.717) is 6.42 Å². The summed E-state index contributed by atoms with van der Waals surface area (Å²) < 4.78 is 0. The third kappa shape index (κ3) is 2.18. The summed E-state index contributed by atoms with van der Waals surface area (Å²) in [7, 11) is 1.85. The van der Waals surface area contributed by atoms with E-state index in [-0.39, 0.29) is 12.1 Å². The number of amides is 1. The van der Waals surface area contributed by atoms with Gasteiger partial charge in [-0.05, 0) is 30.5 Å². The summed E-state index contributed by atoms with van der Waals surface area (Å²) in [6.07, 6.45) is 2.76. The highest BCUT2D eigenvalue weighted by Crippen LogP contribution is 2.19. The van der Waals surface area contributed by atoms with Crippen molar-refractivity contribution < 1.29 is 4.79 Å². The van der Waals surface area contributed by atoms with Crippen LogP contribution in [0.15, 0.2) is 24.3 Å². The van der Waals surface area contributed by atoms with Crippen LogP contribution in [0, 0.1) is 0 Å². The summed E-state index contributed by atoms with van der Waals surface area (Å²) >= 11 is 0. The van der Waals surface area contributed by atoms with Crippen molar-refractivity contribution in [1.82, 2.24) is 4.90 Å². The quantitative estimate of drug-likeness (QED) is 0.843. The zero-order chi connectivity index (χ0) is 11.5. The Hall–Kier alpha value is -1.51. The summed E-state index contributed by atoms with van der Waals surface area (Å²) in [5.74, 6) is 0.225. The third-order valence-corrected chi connectivity index (χ3v) is 3.19. The van der Waals surface area contributed by atoms with E-state index in [4.69, 9.17) is 0 Å². The fourth-order valence-electron chi connectivity index (χ4n) is 2.00. The van der Waals surface area contributed by atoms with Gasteiger partial charge in [0.05, 0.1) is 0 Å². The summed E-state index contributed by atoms with van der Waals surface area (Å²) in [5, 5.41) is 3.38. The highest BCUT2D eigenvalue weighted by atomic mass is 16.2. The molecule has 3 nitrogen and oxygen atoms in total. The molecule has 1 fully saturated rings. The molecule has 1 saturated heterocycles. The molecule has 16 heavy (non-hydrogen) atoms. The summed E-state index contributed by atoms with van der Waals surface area (Å²) in [6, 6.07) is 8.41. The van der Waals surface area contributed by atoms with Crippen LogP contribution in [0.4, 0.5) is 5.69 Å². The molecule has 0 radical (unpaired) electrons. The molecule has 0 saturated carbocycles. The van der Waals surface area contributed by atoms with Crippen molar-refractivity contribution in [3.8, 4) is 0 Å². The van der Waals surface area contributed by atoms with Crippen LogP contribution < -0.4 is 5.32 Å². The van der Waals surface area contributed by atoms with Gasteiger partial charge in [0.25, 0.3) is 0 Å². The van der Waals surface area contributed by atoms with Crippen LogP contribution in [-0.2, 0) is 11.2 Å². The van der Waals surface area contributed by atoms with E-state index in [0.717, 1.165) is 18.5 Å². The molecular weight excluding hydrogens is 200 g/mol. The fraction of sp³-hybridized carbons (Fsp3) is 0.462. The number of hydrogen-bond donors (Lipinski definition) is 1. The minimum atomic E-state index is 0.153. The second-order valence-corrected chi connectivity index (χ2v) is 4.25. The van der Waals surface area contributed by atoms with E-state index in [1.165, 1.54) is 5.56 Å². The molecule has 0 bridgehead atoms. The van der Waals surface area contributed by atoms with Crippen molar-refractivity contribution >= 4 is 11.6 Å². The van der Waals surface area contributed by atoms with Gasteiger partial charge in [-0.25, -0.2) is 0 Å². The van der Waals surface area contributed by atoms with Crippen LogP contribution in [0.3, 0.4) is 0 Å². The SMILES string of the molecule is CCc1ccc(NC2CCC(=O)N2C)cc1. The maximum Gasteiger partial charge on any atom is 0.224 e. The Labute approximate surface area is 96.5 Å². The smallest absolute Gasteiger partial charge is 0.224 e. The van der Waals surface area contributed by atoms with Crippen LogP contribution in [-0.4, -0.2) is 24.0 Å². The molecule has 1 heterocycles. The Morgan fingerprint density at radius 2 is 2.06 bits per heavy atom. The van der Waals surface area contributed by atoms with Crippen molar-refractivity contribution in [1.29, 1.82) is 0 Å². The number of hydrogen-bond acceptors (Lipinski definition) is 2. The van der Waals surface area contributed by atoms with Gasteiger partial charge in [0.1, 0.15) is 6.17 Å². The van der Waals surface area contributed by atoms with Crippen molar-refractivity contribution in [2.45, 2.75) is 32.4 Å². The Morgan fingerprint density at radius 1 is 1.38 bits per heavy atom. The molecule has 1 amide bonds. The molecule has 86 valence electrons. The van der Waals surface area contributed by atoms with Crippen LogP contribution in [0.2, 0.25) is 0 Å². The lowest BCUT2D eigenvalue weighted by atomic mass is 10.1. The second-order valence-electron chi connectivity index (χ2n) is 4.25. The Balaban J connectivity index is 2.01. The molecule has 0 aromatic heterocycles. The zero-order valence-corrected chi connectivity index (χ0v) is 9.86. The number of carbonyl (C=O) groups excluding carboxylic acids is 1. The summed E-state index contributed by atoms with van der Waals surface area (Å²) in [6.45, 7) is 2.14. The normalized spacial score (nSPS) is 20.2. The second kappa shape index (κ2) is 4.56. The predicted molar refractivity (Wildman–Crippen MR) is 65.2 cm³/mol. The summed E-state index contributed by atoms with van der Waals surface area (Å²) in [5.41, 5.74) is 2.42. The van der Waals surface area contributed by atoms with Crippen LogP contribution in [0.1, 0.15) is 25.3 Å². The maximum atomic E-state index is 11.4. The van der Waals surface area contributed by atoms with Crippen molar-refractivity contribution in [2.75, 3.05) is 12.4 Å². The summed E-state index contributed by atoms with van der Waals surface area (Å²) in [4.78, 5) is 13.1. The first-order valence-corrected chi connectivity index (χ1v) is 5.82.